The second-order valence-corrected chi connectivity index (χ2v) is 8.00. The van der Waals surface area contributed by atoms with Gasteiger partial charge in [0.1, 0.15) is 0 Å². The van der Waals surface area contributed by atoms with Crippen molar-refractivity contribution in [2.75, 3.05) is 13.1 Å². The zero-order valence-corrected chi connectivity index (χ0v) is 16.2. The molecular formula is C21H26F3N3O. The maximum absolute atomic E-state index is 12.8. The van der Waals surface area contributed by atoms with Crippen LogP contribution >= 0.6 is 0 Å². The van der Waals surface area contributed by atoms with Gasteiger partial charge in [-0.15, -0.1) is 0 Å². The number of nitrogens with zero attached hydrogens (tertiary/aromatic N) is 2. The third-order valence-electron chi connectivity index (χ3n) is 5.07. The lowest BCUT2D eigenvalue weighted by molar-refractivity contribution is -0.137. The zero-order chi connectivity index (χ0) is 20.3. The Hall–Kier alpha value is -2.15. The lowest BCUT2D eigenvalue weighted by atomic mass is 9.89. The molecule has 0 spiro atoms. The molecule has 0 aliphatic carbocycles. The molecule has 1 saturated heterocycles. The number of Topliss-reactive ketones (excluding diaryl/α,β-unsaturated/α-hetero) is 1. The molecule has 152 valence electrons. The van der Waals surface area contributed by atoms with E-state index in [2.05, 4.69) is 35.0 Å². The number of carbonyl (C=O) groups excluding carboxylic acids is 1. The number of rotatable bonds is 6. The van der Waals surface area contributed by atoms with Crippen LogP contribution < -0.4 is 0 Å². The minimum absolute atomic E-state index is 0.0801. The molecule has 3 rings (SSSR count). The first-order valence-corrected chi connectivity index (χ1v) is 9.69. The van der Waals surface area contributed by atoms with Crippen LogP contribution in [0.2, 0.25) is 0 Å². The van der Waals surface area contributed by atoms with Crippen molar-refractivity contribution in [3.63, 3.8) is 0 Å². The third-order valence-corrected chi connectivity index (χ3v) is 5.07. The molecule has 1 N–H and O–H groups in total. The number of aromatic amines is 1. The van der Waals surface area contributed by atoms with E-state index in [1.807, 2.05) is 0 Å². The van der Waals surface area contributed by atoms with Crippen molar-refractivity contribution in [1.29, 1.82) is 0 Å². The molecule has 0 bridgehead atoms. The first kappa shape index (κ1) is 20.6. The summed E-state index contributed by atoms with van der Waals surface area (Å²) in [4.78, 5) is 15.0. The van der Waals surface area contributed by atoms with Gasteiger partial charge in [0.2, 0.25) is 0 Å². The SMILES string of the molecule is CC(C)Cc1cc(CN2CCCC(C(=O)c3ccc(C(F)(F)F)cc3)C2)[nH]n1. The van der Waals surface area contributed by atoms with Gasteiger partial charge in [-0.1, -0.05) is 26.0 Å². The first-order valence-electron chi connectivity index (χ1n) is 9.69. The summed E-state index contributed by atoms with van der Waals surface area (Å²) >= 11 is 0. The van der Waals surface area contributed by atoms with Crippen molar-refractivity contribution < 1.29 is 18.0 Å². The van der Waals surface area contributed by atoms with E-state index in [9.17, 15) is 18.0 Å². The molecule has 1 unspecified atom stereocenters. The molecule has 0 radical (unpaired) electrons. The average Bonchev–Trinajstić information content (AvgIpc) is 3.06. The number of benzene rings is 1. The number of alkyl halides is 3. The predicted octanol–water partition coefficient (Wildman–Crippen LogP) is 4.72. The molecule has 0 amide bonds. The Morgan fingerprint density at radius 3 is 2.64 bits per heavy atom. The van der Waals surface area contributed by atoms with Crippen molar-refractivity contribution in [3.05, 3.63) is 52.8 Å². The number of hydrogen-bond donors (Lipinski definition) is 1. The van der Waals surface area contributed by atoms with Crippen LogP contribution in [0.5, 0.6) is 0 Å². The quantitative estimate of drug-likeness (QED) is 0.723. The maximum Gasteiger partial charge on any atom is 0.416 e. The van der Waals surface area contributed by atoms with E-state index in [-0.39, 0.29) is 11.7 Å². The standard InChI is InChI=1S/C21H26F3N3O/c1-14(2)10-18-11-19(26-25-18)13-27-9-3-4-16(12-27)20(28)15-5-7-17(8-6-15)21(22,23)24/h5-8,11,14,16H,3-4,9-10,12-13H2,1-2H3,(H,25,26). The van der Waals surface area contributed by atoms with Gasteiger partial charge in [-0.3, -0.25) is 14.8 Å². The molecule has 4 nitrogen and oxygen atoms in total. The van der Waals surface area contributed by atoms with Gasteiger partial charge < -0.3 is 0 Å². The molecule has 1 aromatic carbocycles. The predicted molar refractivity (Wildman–Crippen MR) is 101 cm³/mol. The topological polar surface area (TPSA) is 49.0 Å². The van der Waals surface area contributed by atoms with Crippen LogP contribution in [0.25, 0.3) is 0 Å². The summed E-state index contributed by atoms with van der Waals surface area (Å²) in [6.45, 7) is 6.50. The Bertz CT molecular complexity index is 796. The van der Waals surface area contributed by atoms with Crippen LogP contribution in [-0.2, 0) is 19.1 Å². The van der Waals surface area contributed by atoms with Crippen LogP contribution in [0.15, 0.2) is 30.3 Å². The number of hydrogen-bond acceptors (Lipinski definition) is 3. The van der Waals surface area contributed by atoms with E-state index in [4.69, 9.17) is 0 Å². The Morgan fingerprint density at radius 1 is 1.29 bits per heavy atom. The summed E-state index contributed by atoms with van der Waals surface area (Å²) in [6.07, 6.45) is -1.81. The lowest BCUT2D eigenvalue weighted by Gasteiger charge is -2.31. The third kappa shape index (κ3) is 5.22. The van der Waals surface area contributed by atoms with Crippen LogP contribution in [0.4, 0.5) is 13.2 Å². The van der Waals surface area contributed by atoms with E-state index >= 15 is 0 Å². The van der Waals surface area contributed by atoms with Crippen molar-refractivity contribution in [2.45, 2.75) is 45.8 Å². The molecule has 1 aliphatic heterocycles. The number of H-pyrrole nitrogens is 1. The number of aromatic nitrogens is 2. The highest BCUT2D eigenvalue weighted by molar-refractivity contribution is 5.98. The fourth-order valence-electron chi connectivity index (χ4n) is 3.73. The van der Waals surface area contributed by atoms with Crippen molar-refractivity contribution >= 4 is 5.78 Å². The van der Waals surface area contributed by atoms with Crippen LogP contribution in [0.1, 0.15) is 54.0 Å². The molecule has 1 aromatic heterocycles. The summed E-state index contributed by atoms with van der Waals surface area (Å²) in [6, 6.07) is 6.61. The molecule has 28 heavy (non-hydrogen) atoms. The number of halogens is 3. The van der Waals surface area contributed by atoms with Gasteiger partial charge in [0.25, 0.3) is 0 Å². The minimum atomic E-state index is -4.39. The van der Waals surface area contributed by atoms with E-state index in [1.165, 1.54) is 12.1 Å². The summed E-state index contributed by atoms with van der Waals surface area (Å²) in [5.74, 6) is 0.268. The molecule has 1 atom stereocenters. The normalized spacial score (nSPS) is 18.6. The van der Waals surface area contributed by atoms with Gasteiger partial charge >= 0.3 is 6.18 Å². The van der Waals surface area contributed by atoms with Crippen molar-refractivity contribution in [2.24, 2.45) is 11.8 Å². The average molecular weight is 393 g/mol. The van der Waals surface area contributed by atoms with E-state index in [0.717, 1.165) is 49.3 Å². The van der Waals surface area contributed by atoms with E-state index in [0.29, 0.717) is 24.6 Å². The monoisotopic (exact) mass is 393 g/mol. The highest BCUT2D eigenvalue weighted by atomic mass is 19.4. The number of likely N-dealkylation sites (tertiary alicyclic amines) is 1. The number of ketones is 1. The van der Waals surface area contributed by atoms with Gasteiger partial charge in [0, 0.05) is 30.3 Å². The van der Waals surface area contributed by atoms with Gasteiger partial charge in [-0.05, 0) is 49.9 Å². The molecule has 7 heteroatoms. The Balaban J connectivity index is 1.61. The summed E-state index contributed by atoms with van der Waals surface area (Å²) < 4.78 is 38.1. The van der Waals surface area contributed by atoms with Crippen molar-refractivity contribution in [1.82, 2.24) is 15.1 Å². The number of piperidine rings is 1. The van der Waals surface area contributed by atoms with E-state index < -0.39 is 11.7 Å². The summed E-state index contributed by atoms with van der Waals surface area (Å²) in [7, 11) is 0. The Morgan fingerprint density at radius 2 is 2.00 bits per heavy atom. The molecule has 1 aliphatic rings. The highest BCUT2D eigenvalue weighted by Crippen LogP contribution is 2.30. The summed E-state index contributed by atoms with van der Waals surface area (Å²) in [5.41, 5.74) is 1.68. The van der Waals surface area contributed by atoms with Gasteiger partial charge in [-0.2, -0.15) is 18.3 Å². The highest BCUT2D eigenvalue weighted by Gasteiger charge is 2.31. The van der Waals surface area contributed by atoms with Gasteiger partial charge in [0.15, 0.2) is 5.78 Å². The van der Waals surface area contributed by atoms with E-state index in [1.54, 1.807) is 0 Å². The number of nitrogens with one attached hydrogen (secondary N) is 1. The zero-order valence-electron chi connectivity index (χ0n) is 16.2. The summed E-state index contributed by atoms with van der Waals surface area (Å²) in [5, 5.41) is 7.41. The Kier molecular flexibility index (Phi) is 6.23. The Labute approximate surface area is 163 Å². The van der Waals surface area contributed by atoms with Crippen LogP contribution in [0.3, 0.4) is 0 Å². The van der Waals surface area contributed by atoms with Crippen LogP contribution in [0, 0.1) is 11.8 Å². The van der Waals surface area contributed by atoms with Gasteiger partial charge in [-0.25, -0.2) is 0 Å². The fraction of sp³-hybridized carbons (Fsp3) is 0.524. The van der Waals surface area contributed by atoms with Crippen molar-refractivity contribution in [3.8, 4) is 0 Å². The molecule has 2 aromatic rings. The van der Waals surface area contributed by atoms with Gasteiger partial charge in [0.05, 0.1) is 11.3 Å². The molecule has 1 fully saturated rings. The lowest BCUT2D eigenvalue weighted by Crippen LogP contribution is -2.38. The minimum Gasteiger partial charge on any atom is -0.297 e. The molecule has 2 heterocycles. The first-order chi connectivity index (χ1) is 13.2. The fourth-order valence-corrected chi connectivity index (χ4v) is 3.73. The second kappa shape index (κ2) is 8.47. The smallest absolute Gasteiger partial charge is 0.297 e. The van der Waals surface area contributed by atoms with Crippen LogP contribution in [-0.4, -0.2) is 34.0 Å². The maximum atomic E-state index is 12.8. The number of carbonyl (C=O) groups is 1. The molecular weight excluding hydrogens is 367 g/mol. The largest absolute Gasteiger partial charge is 0.416 e. The molecule has 0 saturated carbocycles. The second-order valence-electron chi connectivity index (χ2n) is 8.00.